The zero-order chi connectivity index (χ0) is 15.6. The molecule has 0 bridgehead atoms. The monoisotopic (exact) mass is 293 g/mol. The lowest BCUT2D eigenvalue weighted by Gasteiger charge is -2.38. The average molecular weight is 293 g/mol. The molecular formula is C20H23NO. The smallest absolute Gasteiger partial charge is 0.145 e. The second-order valence-electron chi connectivity index (χ2n) is 6.34. The van der Waals surface area contributed by atoms with E-state index in [9.17, 15) is 4.79 Å². The number of rotatable bonds is 4. The third kappa shape index (κ3) is 2.38. The maximum atomic E-state index is 12.9. The first-order valence-corrected chi connectivity index (χ1v) is 7.96. The zero-order valence-electron chi connectivity index (χ0n) is 13.3. The van der Waals surface area contributed by atoms with Crippen molar-refractivity contribution in [3.8, 4) is 0 Å². The highest BCUT2D eigenvalue weighted by molar-refractivity contribution is 5.92. The van der Waals surface area contributed by atoms with Crippen LogP contribution in [-0.2, 0) is 10.2 Å². The van der Waals surface area contributed by atoms with Crippen LogP contribution in [0.2, 0.25) is 0 Å². The van der Waals surface area contributed by atoms with E-state index in [1.54, 1.807) is 6.92 Å². The third-order valence-corrected chi connectivity index (χ3v) is 5.02. The van der Waals surface area contributed by atoms with Crippen LogP contribution in [0.1, 0.15) is 24.5 Å². The van der Waals surface area contributed by atoms with E-state index in [-0.39, 0.29) is 5.78 Å². The predicted molar refractivity (Wildman–Crippen MR) is 89.9 cm³/mol. The molecule has 22 heavy (non-hydrogen) atoms. The number of hydrogen-bond acceptors (Lipinski definition) is 2. The molecule has 1 atom stereocenters. The fourth-order valence-corrected chi connectivity index (χ4v) is 4.02. The zero-order valence-corrected chi connectivity index (χ0v) is 13.3. The minimum Gasteiger partial charge on any atom is -0.306 e. The Kier molecular flexibility index (Phi) is 4.12. The van der Waals surface area contributed by atoms with Gasteiger partial charge in [-0.05, 0) is 44.0 Å². The summed E-state index contributed by atoms with van der Waals surface area (Å²) in [5.41, 5.74) is 1.70. The number of likely N-dealkylation sites (tertiary alicyclic amines) is 1. The van der Waals surface area contributed by atoms with E-state index in [4.69, 9.17) is 0 Å². The minimum absolute atomic E-state index is 0.241. The van der Waals surface area contributed by atoms with Gasteiger partial charge in [-0.15, -0.1) is 0 Å². The Bertz CT molecular complexity index is 596. The van der Waals surface area contributed by atoms with Gasteiger partial charge in [0, 0.05) is 6.54 Å². The highest BCUT2D eigenvalue weighted by Gasteiger charge is 2.47. The summed E-state index contributed by atoms with van der Waals surface area (Å²) in [6, 6.07) is 20.6. The molecule has 1 heterocycles. The van der Waals surface area contributed by atoms with Gasteiger partial charge in [-0.1, -0.05) is 60.7 Å². The Balaban J connectivity index is 2.22. The number of Topliss-reactive ketones (excluding diaryl/α,β-unsaturated/α-hetero) is 1. The van der Waals surface area contributed by atoms with Crippen molar-refractivity contribution in [2.45, 2.75) is 18.8 Å². The predicted octanol–water partition coefficient (Wildman–Crippen LogP) is 3.51. The summed E-state index contributed by atoms with van der Waals surface area (Å²) < 4.78 is 0. The van der Waals surface area contributed by atoms with Crippen molar-refractivity contribution in [2.75, 3.05) is 20.1 Å². The Morgan fingerprint density at radius 3 is 1.86 bits per heavy atom. The van der Waals surface area contributed by atoms with Gasteiger partial charge in [-0.2, -0.15) is 0 Å². The molecule has 0 aliphatic carbocycles. The lowest BCUT2D eigenvalue weighted by atomic mass is 9.63. The van der Waals surface area contributed by atoms with Gasteiger partial charge in [-0.25, -0.2) is 0 Å². The van der Waals surface area contributed by atoms with Crippen molar-refractivity contribution >= 4 is 5.78 Å². The van der Waals surface area contributed by atoms with Crippen LogP contribution in [0.3, 0.4) is 0 Å². The van der Waals surface area contributed by atoms with E-state index in [1.807, 2.05) is 36.4 Å². The van der Waals surface area contributed by atoms with E-state index < -0.39 is 5.41 Å². The molecule has 0 radical (unpaired) electrons. The summed E-state index contributed by atoms with van der Waals surface area (Å²) >= 11 is 0. The number of carbonyl (C=O) groups excluding carboxylic acids is 1. The Morgan fingerprint density at radius 1 is 1.00 bits per heavy atom. The van der Waals surface area contributed by atoms with Gasteiger partial charge in [0.1, 0.15) is 5.78 Å². The molecule has 0 aromatic heterocycles. The van der Waals surface area contributed by atoms with Gasteiger partial charge in [0.15, 0.2) is 0 Å². The lowest BCUT2D eigenvalue weighted by molar-refractivity contribution is -0.122. The topological polar surface area (TPSA) is 20.3 Å². The molecule has 3 rings (SSSR count). The highest BCUT2D eigenvalue weighted by atomic mass is 16.1. The van der Waals surface area contributed by atoms with Crippen LogP contribution in [-0.4, -0.2) is 30.8 Å². The first-order chi connectivity index (χ1) is 10.7. The molecular weight excluding hydrogens is 270 g/mol. The number of ketones is 1. The van der Waals surface area contributed by atoms with E-state index in [1.165, 1.54) is 0 Å². The summed E-state index contributed by atoms with van der Waals surface area (Å²) in [6.45, 7) is 3.76. The van der Waals surface area contributed by atoms with Crippen molar-refractivity contribution in [2.24, 2.45) is 5.92 Å². The number of benzene rings is 2. The molecule has 114 valence electrons. The molecule has 0 amide bonds. The second-order valence-corrected chi connectivity index (χ2v) is 6.34. The average Bonchev–Trinajstić information content (AvgIpc) is 2.97. The Labute approximate surface area is 132 Å². The van der Waals surface area contributed by atoms with Crippen LogP contribution in [0.15, 0.2) is 60.7 Å². The number of hydrogen-bond donors (Lipinski definition) is 0. The maximum absolute atomic E-state index is 12.9. The molecule has 1 aliphatic heterocycles. The maximum Gasteiger partial charge on any atom is 0.145 e. The summed E-state index contributed by atoms with van der Waals surface area (Å²) in [6.07, 6.45) is 1.06. The van der Waals surface area contributed by atoms with E-state index in [2.05, 4.69) is 36.2 Å². The van der Waals surface area contributed by atoms with Crippen LogP contribution in [0.4, 0.5) is 0 Å². The molecule has 2 heteroatoms. The largest absolute Gasteiger partial charge is 0.306 e. The van der Waals surface area contributed by atoms with Gasteiger partial charge in [0.25, 0.3) is 0 Å². The molecule has 1 unspecified atom stereocenters. The van der Waals surface area contributed by atoms with Crippen molar-refractivity contribution in [3.63, 3.8) is 0 Å². The van der Waals surface area contributed by atoms with Gasteiger partial charge >= 0.3 is 0 Å². The summed E-state index contributed by atoms with van der Waals surface area (Å²) in [5, 5.41) is 0. The summed E-state index contributed by atoms with van der Waals surface area (Å²) in [7, 11) is 2.14. The molecule has 2 aromatic rings. The quantitative estimate of drug-likeness (QED) is 0.859. The molecule has 2 aromatic carbocycles. The van der Waals surface area contributed by atoms with Crippen LogP contribution in [0.25, 0.3) is 0 Å². The van der Waals surface area contributed by atoms with Crippen molar-refractivity contribution in [3.05, 3.63) is 71.8 Å². The molecule has 1 aliphatic rings. The van der Waals surface area contributed by atoms with Gasteiger partial charge in [0.05, 0.1) is 5.41 Å². The Hall–Kier alpha value is -1.93. The van der Waals surface area contributed by atoms with E-state index in [0.717, 1.165) is 30.6 Å². The fourth-order valence-electron chi connectivity index (χ4n) is 4.02. The highest BCUT2D eigenvalue weighted by Crippen LogP contribution is 2.44. The number of carbonyl (C=O) groups is 1. The van der Waals surface area contributed by atoms with Crippen LogP contribution >= 0.6 is 0 Å². The van der Waals surface area contributed by atoms with Crippen LogP contribution in [0.5, 0.6) is 0 Å². The third-order valence-electron chi connectivity index (χ3n) is 5.02. The Morgan fingerprint density at radius 2 is 1.50 bits per heavy atom. The molecule has 2 nitrogen and oxygen atoms in total. The van der Waals surface area contributed by atoms with Gasteiger partial charge < -0.3 is 4.90 Å². The SMILES string of the molecule is CC(=O)C(c1ccccc1)(c1ccccc1)C1CCN(C)C1. The van der Waals surface area contributed by atoms with Crippen molar-refractivity contribution in [1.29, 1.82) is 0 Å². The van der Waals surface area contributed by atoms with Crippen molar-refractivity contribution in [1.82, 2.24) is 4.90 Å². The second kappa shape index (κ2) is 6.05. The number of nitrogens with zero attached hydrogens (tertiary/aromatic N) is 1. The van der Waals surface area contributed by atoms with Crippen LogP contribution < -0.4 is 0 Å². The van der Waals surface area contributed by atoms with E-state index in [0.29, 0.717) is 5.92 Å². The van der Waals surface area contributed by atoms with Gasteiger partial charge in [-0.3, -0.25) is 4.79 Å². The standard InChI is InChI=1S/C20H23NO/c1-16(22)20(17-9-5-3-6-10-17,18-11-7-4-8-12-18)19-13-14-21(2)15-19/h3-12,19H,13-15H2,1-2H3. The molecule has 1 fully saturated rings. The van der Waals surface area contributed by atoms with Crippen molar-refractivity contribution < 1.29 is 4.79 Å². The van der Waals surface area contributed by atoms with Gasteiger partial charge in [0.2, 0.25) is 0 Å². The lowest BCUT2D eigenvalue weighted by Crippen LogP contribution is -2.44. The van der Waals surface area contributed by atoms with Crippen LogP contribution in [0, 0.1) is 5.92 Å². The first kappa shape index (κ1) is 15.0. The normalized spacial score (nSPS) is 19.3. The molecule has 0 N–H and O–H groups in total. The molecule has 0 saturated carbocycles. The minimum atomic E-state index is -0.534. The molecule has 1 saturated heterocycles. The fraction of sp³-hybridized carbons (Fsp3) is 0.350. The van der Waals surface area contributed by atoms with E-state index >= 15 is 0 Å². The molecule has 0 spiro atoms. The summed E-state index contributed by atoms with van der Waals surface area (Å²) in [5.74, 6) is 0.560. The summed E-state index contributed by atoms with van der Waals surface area (Å²) in [4.78, 5) is 15.3. The first-order valence-electron chi connectivity index (χ1n) is 7.96.